The van der Waals surface area contributed by atoms with Crippen LogP contribution in [0.2, 0.25) is 0 Å². The number of nitrogens with one attached hydrogen (secondary N) is 1. The van der Waals surface area contributed by atoms with Gasteiger partial charge in [-0.2, -0.15) is 0 Å². The fourth-order valence-corrected chi connectivity index (χ4v) is 2.39. The molecule has 0 aromatic heterocycles. The first-order valence-electron chi connectivity index (χ1n) is 8.37. The molecule has 0 spiro atoms. The van der Waals surface area contributed by atoms with Gasteiger partial charge in [-0.15, -0.1) is 0 Å². The second-order valence-electron chi connectivity index (χ2n) is 6.88. The summed E-state index contributed by atoms with van der Waals surface area (Å²) >= 11 is 0. The molecule has 0 saturated carbocycles. The highest BCUT2D eigenvalue weighted by atomic mass is 16.5. The molecule has 0 aliphatic rings. The monoisotopic (exact) mass is 286 g/mol. The van der Waals surface area contributed by atoms with Crippen molar-refractivity contribution in [2.45, 2.75) is 66.8 Å². The Bertz CT molecular complexity index is 232. The lowest BCUT2D eigenvalue weighted by atomic mass is 9.81. The Morgan fingerprint density at radius 2 is 1.60 bits per heavy atom. The van der Waals surface area contributed by atoms with E-state index in [0.717, 1.165) is 39.4 Å². The van der Waals surface area contributed by atoms with E-state index in [4.69, 9.17) is 4.74 Å². The van der Waals surface area contributed by atoms with Gasteiger partial charge in [0, 0.05) is 31.8 Å². The number of ether oxygens (including phenoxy) is 1. The van der Waals surface area contributed by atoms with E-state index in [0.29, 0.717) is 5.41 Å². The molecular formula is C17H38N2O. The minimum absolute atomic E-state index is 0.192. The van der Waals surface area contributed by atoms with E-state index in [-0.39, 0.29) is 5.54 Å². The maximum atomic E-state index is 5.50. The van der Waals surface area contributed by atoms with Crippen LogP contribution in [0, 0.1) is 5.41 Å². The molecule has 0 aliphatic heterocycles. The molecule has 0 bridgehead atoms. The lowest BCUT2D eigenvalue weighted by Gasteiger charge is -2.39. The van der Waals surface area contributed by atoms with Crippen molar-refractivity contribution in [2.24, 2.45) is 5.41 Å². The molecule has 0 aromatic rings. The molecule has 3 heteroatoms. The molecule has 0 heterocycles. The standard InChI is InChI=1S/C17H38N2O/c1-8-17(9-2,14-18-16(5,6)7)15-19(10-3)12-13-20-11-4/h18H,8-15H2,1-7H3. The Morgan fingerprint density at radius 1 is 1.00 bits per heavy atom. The predicted octanol–water partition coefficient (Wildman–Crippen LogP) is 3.54. The van der Waals surface area contributed by atoms with Crippen LogP contribution < -0.4 is 5.32 Å². The van der Waals surface area contributed by atoms with Crippen LogP contribution >= 0.6 is 0 Å². The second-order valence-corrected chi connectivity index (χ2v) is 6.88. The maximum Gasteiger partial charge on any atom is 0.0593 e. The van der Waals surface area contributed by atoms with Crippen molar-refractivity contribution in [3.05, 3.63) is 0 Å². The Kier molecular flexibility index (Phi) is 9.69. The molecule has 0 atom stereocenters. The predicted molar refractivity (Wildman–Crippen MR) is 89.4 cm³/mol. The molecule has 0 rings (SSSR count). The molecule has 0 amide bonds. The van der Waals surface area contributed by atoms with E-state index >= 15 is 0 Å². The summed E-state index contributed by atoms with van der Waals surface area (Å²) in [5.41, 5.74) is 0.563. The van der Waals surface area contributed by atoms with Gasteiger partial charge in [0.25, 0.3) is 0 Å². The average Bonchev–Trinajstić information content (AvgIpc) is 2.41. The van der Waals surface area contributed by atoms with Crippen molar-refractivity contribution in [2.75, 3.05) is 39.4 Å². The Morgan fingerprint density at radius 3 is 2.00 bits per heavy atom. The van der Waals surface area contributed by atoms with Crippen LogP contribution in [0.25, 0.3) is 0 Å². The van der Waals surface area contributed by atoms with E-state index in [1.54, 1.807) is 0 Å². The summed E-state index contributed by atoms with van der Waals surface area (Å²) in [5.74, 6) is 0. The third-order valence-corrected chi connectivity index (χ3v) is 4.26. The summed E-state index contributed by atoms with van der Waals surface area (Å²) < 4.78 is 5.50. The lowest BCUT2D eigenvalue weighted by molar-refractivity contribution is 0.0816. The van der Waals surface area contributed by atoms with Gasteiger partial charge in [-0.1, -0.05) is 20.8 Å². The number of hydrogen-bond donors (Lipinski definition) is 1. The zero-order valence-corrected chi connectivity index (χ0v) is 15.0. The SMILES string of the molecule is CCOCCN(CC)CC(CC)(CC)CNC(C)(C)C. The molecule has 0 saturated heterocycles. The van der Waals surface area contributed by atoms with E-state index in [9.17, 15) is 0 Å². The third-order valence-electron chi connectivity index (χ3n) is 4.26. The number of nitrogens with zero attached hydrogens (tertiary/aromatic N) is 1. The first kappa shape index (κ1) is 19.9. The summed E-state index contributed by atoms with van der Waals surface area (Å²) in [4.78, 5) is 2.53. The van der Waals surface area contributed by atoms with Crippen molar-refractivity contribution in [3.63, 3.8) is 0 Å². The fourth-order valence-electron chi connectivity index (χ4n) is 2.39. The maximum absolute atomic E-state index is 5.50. The minimum atomic E-state index is 0.192. The van der Waals surface area contributed by atoms with Crippen LogP contribution in [0.4, 0.5) is 0 Å². The van der Waals surface area contributed by atoms with E-state index in [2.05, 4.69) is 58.7 Å². The smallest absolute Gasteiger partial charge is 0.0593 e. The van der Waals surface area contributed by atoms with Crippen LogP contribution in [0.1, 0.15) is 61.3 Å². The number of likely N-dealkylation sites (N-methyl/N-ethyl adjacent to an activating group) is 1. The Hall–Kier alpha value is -0.120. The number of rotatable bonds is 11. The van der Waals surface area contributed by atoms with Crippen LogP contribution in [0.3, 0.4) is 0 Å². The Balaban J connectivity index is 4.54. The second kappa shape index (κ2) is 9.75. The van der Waals surface area contributed by atoms with Gasteiger partial charge in [0.15, 0.2) is 0 Å². The average molecular weight is 287 g/mol. The highest BCUT2D eigenvalue weighted by molar-refractivity contribution is 4.85. The van der Waals surface area contributed by atoms with E-state index < -0.39 is 0 Å². The van der Waals surface area contributed by atoms with E-state index in [1.807, 2.05) is 0 Å². The van der Waals surface area contributed by atoms with Gasteiger partial charge in [-0.3, -0.25) is 0 Å². The normalized spacial score (nSPS) is 13.2. The van der Waals surface area contributed by atoms with Gasteiger partial charge in [0.05, 0.1) is 6.61 Å². The summed E-state index contributed by atoms with van der Waals surface area (Å²) in [5, 5.41) is 3.70. The molecule has 1 N–H and O–H groups in total. The van der Waals surface area contributed by atoms with Crippen molar-refractivity contribution in [1.29, 1.82) is 0 Å². The summed E-state index contributed by atoms with van der Waals surface area (Å²) in [7, 11) is 0. The molecule has 0 aliphatic carbocycles. The van der Waals surface area contributed by atoms with E-state index in [1.165, 1.54) is 12.8 Å². The van der Waals surface area contributed by atoms with Gasteiger partial charge in [-0.05, 0) is 52.5 Å². The molecule has 0 aromatic carbocycles. The molecule has 122 valence electrons. The molecule has 3 nitrogen and oxygen atoms in total. The molecule has 0 unspecified atom stereocenters. The molecule has 0 fully saturated rings. The van der Waals surface area contributed by atoms with Crippen LogP contribution in [-0.2, 0) is 4.74 Å². The lowest BCUT2D eigenvalue weighted by Crippen LogP contribution is -2.49. The summed E-state index contributed by atoms with van der Waals surface area (Å²) in [6.45, 7) is 21.8. The minimum Gasteiger partial charge on any atom is -0.380 e. The van der Waals surface area contributed by atoms with Gasteiger partial charge in [0.2, 0.25) is 0 Å². The molecule has 20 heavy (non-hydrogen) atoms. The van der Waals surface area contributed by atoms with Gasteiger partial charge in [0.1, 0.15) is 0 Å². The quantitative estimate of drug-likeness (QED) is 0.588. The zero-order chi connectivity index (χ0) is 15.6. The van der Waals surface area contributed by atoms with Gasteiger partial charge < -0.3 is 15.0 Å². The van der Waals surface area contributed by atoms with Crippen LogP contribution in [-0.4, -0.2) is 49.8 Å². The highest BCUT2D eigenvalue weighted by Gasteiger charge is 2.29. The van der Waals surface area contributed by atoms with Crippen molar-refractivity contribution in [3.8, 4) is 0 Å². The zero-order valence-electron chi connectivity index (χ0n) is 15.0. The topological polar surface area (TPSA) is 24.5 Å². The fraction of sp³-hybridized carbons (Fsp3) is 1.00. The number of hydrogen-bond acceptors (Lipinski definition) is 3. The van der Waals surface area contributed by atoms with Crippen LogP contribution in [0.5, 0.6) is 0 Å². The van der Waals surface area contributed by atoms with Gasteiger partial charge in [-0.25, -0.2) is 0 Å². The summed E-state index contributed by atoms with van der Waals surface area (Å²) in [6, 6.07) is 0. The largest absolute Gasteiger partial charge is 0.380 e. The van der Waals surface area contributed by atoms with Crippen molar-refractivity contribution >= 4 is 0 Å². The Labute approximate surface area is 127 Å². The molecular weight excluding hydrogens is 248 g/mol. The van der Waals surface area contributed by atoms with Crippen LogP contribution in [0.15, 0.2) is 0 Å². The first-order valence-corrected chi connectivity index (χ1v) is 8.37. The highest BCUT2D eigenvalue weighted by Crippen LogP contribution is 2.27. The molecule has 0 radical (unpaired) electrons. The third kappa shape index (κ3) is 8.23. The van der Waals surface area contributed by atoms with Crippen molar-refractivity contribution < 1.29 is 4.74 Å². The van der Waals surface area contributed by atoms with Crippen molar-refractivity contribution in [1.82, 2.24) is 10.2 Å². The first-order chi connectivity index (χ1) is 9.32. The summed E-state index contributed by atoms with van der Waals surface area (Å²) in [6.07, 6.45) is 2.44. The van der Waals surface area contributed by atoms with Gasteiger partial charge >= 0.3 is 0 Å².